The third kappa shape index (κ3) is 4.42. The molecule has 158 valence electrons. The lowest BCUT2D eigenvalue weighted by Gasteiger charge is -2.36. The van der Waals surface area contributed by atoms with Gasteiger partial charge in [-0.25, -0.2) is 8.78 Å². The summed E-state index contributed by atoms with van der Waals surface area (Å²) in [5.74, 6) is -3.34. The molecule has 2 aromatic rings. The Kier molecular flexibility index (Phi) is 5.57. The number of hydrogen-bond acceptors (Lipinski definition) is 3. The number of halogens is 3. The fraction of sp³-hybridized carbons (Fsp3) is 0.571. The van der Waals surface area contributed by atoms with Crippen LogP contribution in [0.1, 0.15) is 48.9 Å². The van der Waals surface area contributed by atoms with Gasteiger partial charge in [-0.3, -0.25) is 4.79 Å². The van der Waals surface area contributed by atoms with Gasteiger partial charge in [0, 0.05) is 44.1 Å². The summed E-state index contributed by atoms with van der Waals surface area (Å²) in [5.41, 5.74) is -0.409. The van der Waals surface area contributed by atoms with E-state index in [1.165, 1.54) is 0 Å². The molecule has 2 fully saturated rings. The van der Waals surface area contributed by atoms with Crippen LogP contribution in [-0.4, -0.2) is 46.4 Å². The number of hydrogen-bond donors (Lipinski definition) is 2. The number of rotatable bonds is 5. The number of ether oxygens (including phenoxy) is 1. The van der Waals surface area contributed by atoms with Crippen LogP contribution in [0.3, 0.4) is 0 Å². The van der Waals surface area contributed by atoms with E-state index in [1.54, 1.807) is 12.3 Å². The molecule has 2 aliphatic rings. The molecule has 0 bridgehead atoms. The van der Waals surface area contributed by atoms with E-state index in [0.29, 0.717) is 22.5 Å². The largest absolute Gasteiger partial charge is 0.388 e. The van der Waals surface area contributed by atoms with Crippen molar-refractivity contribution < 1.29 is 23.4 Å². The van der Waals surface area contributed by atoms with Gasteiger partial charge < -0.3 is 19.7 Å². The highest BCUT2D eigenvalue weighted by Gasteiger charge is 2.44. The van der Waals surface area contributed by atoms with Gasteiger partial charge >= 0.3 is 0 Å². The molecule has 1 aromatic heterocycles. The maximum atomic E-state index is 13.7. The first-order valence-corrected chi connectivity index (χ1v) is 10.4. The second kappa shape index (κ2) is 7.85. The third-order valence-corrected chi connectivity index (χ3v) is 6.19. The Labute approximate surface area is 173 Å². The van der Waals surface area contributed by atoms with Gasteiger partial charge in [0.15, 0.2) is 0 Å². The van der Waals surface area contributed by atoms with Crippen molar-refractivity contribution in [1.29, 1.82) is 0 Å². The number of alkyl halides is 2. The van der Waals surface area contributed by atoms with Gasteiger partial charge in [0.1, 0.15) is 0 Å². The number of carbonyl (C=O) groups excluding carboxylic acids is 1. The maximum absolute atomic E-state index is 13.7. The minimum atomic E-state index is -2.90. The summed E-state index contributed by atoms with van der Waals surface area (Å²) in [6.45, 7) is 1.13. The van der Waals surface area contributed by atoms with Gasteiger partial charge in [-0.15, -0.1) is 0 Å². The van der Waals surface area contributed by atoms with Gasteiger partial charge in [-0.2, -0.15) is 0 Å². The molecule has 1 saturated carbocycles. The van der Waals surface area contributed by atoms with Gasteiger partial charge in [-0.05, 0) is 37.8 Å². The quantitative estimate of drug-likeness (QED) is 0.755. The first-order chi connectivity index (χ1) is 13.8. The molecule has 1 aromatic carbocycles. The second-order valence-electron chi connectivity index (χ2n) is 8.26. The van der Waals surface area contributed by atoms with Gasteiger partial charge in [0.2, 0.25) is 0 Å². The van der Waals surface area contributed by atoms with Crippen LogP contribution in [-0.2, 0) is 11.3 Å². The van der Waals surface area contributed by atoms with Crippen molar-refractivity contribution in [3.05, 3.63) is 35.0 Å². The molecule has 0 spiro atoms. The molecular formula is C21H25ClF2N2O3. The highest BCUT2D eigenvalue weighted by molar-refractivity contribution is 6.36. The van der Waals surface area contributed by atoms with E-state index in [1.807, 2.05) is 16.7 Å². The van der Waals surface area contributed by atoms with Gasteiger partial charge in [-0.1, -0.05) is 17.7 Å². The first-order valence-electron chi connectivity index (χ1n) is 10.0. The van der Waals surface area contributed by atoms with Crippen LogP contribution in [0.2, 0.25) is 5.02 Å². The average molecular weight is 427 g/mol. The predicted octanol–water partition coefficient (Wildman–Crippen LogP) is 4.14. The Balaban J connectivity index is 1.55. The molecule has 1 aliphatic heterocycles. The zero-order chi connectivity index (χ0) is 20.6. The molecule has 29 heavy (non-hydrogen) atoms. The fourth-order valence-electron chi connectivity index (χ4n) is 4.46. The zero-order valence-corrected chi connectivity index (χ0v) is 16.9. The van der Waals surface area contributed by atoms with Crippen molar-refractivity contribution >= 4 is 28.4 Å². The van der Waals surface area contributed by atoms with E-state index in [9.17, 15) is 18.7 Å². The SMILES string of the molecule is O=C(NC[C@@]1(O)CCCC(F)(F)C1)c1cn(C[C@@H]2CCCO2)c2cccc(Cl)c12. The van der Waals surface area contributed by atoms with E-state index in [0.717, 1.165) is 25.0 Å². The number of benzene rings is 1. The number of aromatic nitrogens is 1. The number of fused-ring (bicyclic) bond motifs is 1. The topological polar surface area (TPSA) is 63.5 Å². The lowest BCUT2D eigenvalue weighted by atomic mass is 9.82. The lowest BCUT2D eigenvalue weighted by Crippen LogP contribution is -2.49. The predicted molar refractivity (Wildman–Crippen MR) is 107 cm³/mol. The summed E-state index contributed by atoms with van der Waals surface area (Å²) >= 11 is 6.38. The fourth-order valence-corrected chi connectivity index (χ4v) is 4.74. The van der Waals surface area contributed by atoms with Crippen LogP contribution in [0.5, 0.6) is 0 Å². The first kappa shape index (κ1) is 20.6. The van der Waals surface area contributed by atoms with Crippen molar-refractivity contribution in [3.8, 4) is 0 Å². The second-order valence-corrected chi connectivity index (χ2v) is 8.66. The molecule has 0 radical (unpaired) electrons. The van der Waals surface area contributed by atoms with E-state index < -0.39 is 23.9 Å². The van der Waals surface area contributed by atoms with Gasteiger partial charge in [0.05, 0.1) is 27.8 Å². The lowest BCUT2D eigenvalue weighted by molar-refractivity contribution is -0.121. The molecule has 0 unspecified atom stereocenters. The molecule has 2 N–H and O–H groups in total. The summed E-state index contributed by atoms with van der Waals surface area (Å²) in [6.07, 6.45) is 3.40. The third-order valence-electron chi connectivity index (χ3n) is 5.87. The van der Waals surface area contributed by atoms with E-state index in [-0.39, 0.29) is 31.9 Å². The van der Waals surface area contributed by atoms with E-state index in [4.69, 9.17) is 16.3 Å². The van der Waals surface area contributed by atoms with Crippen LogP contribution in [0.4, 0.5) is 8.78 Å². The number of nitrogens with one attached hydrogen (secondary N) is 1. The summed E-state index contributed by atoms with van der Waals surface area (Å²) in [7, 11) is 0. The monoisotopic (exact) mass is 426 g/mol. The molecule has 5 nitrogen and oxygen atoms in total. The Morgan fingerprint density at radius 2 is 2.17 bits per heavy atom. The van der Waals surface area contributed by atoms with Crippen LogP contribution in [0.25, 0.3) is 10.9 Å². The normalized spacial score (nSPS) is 26.7. The Morgan fingerprint density at radius 1 is 1.34 bits per heavy atom. The van der Waals surface area contributed by atoms with Crippen LogP contribution < -0.4 is 5.32 Å². The number of carbonyl (C=O) groups is 1. The molecule has 1 aliphatic carbocycles. The summed E-state index contributed by atoms with van der Waals surface area (Å²) in [6, 6.07) is 5.43. The minimum absolute atomic E-state index is 0.0886. The molecule has 2 atom stereocenters. The average Bonchev–Trinajstić information content (AvgIpc) is 3.28. The standard InChI is InChI=1S/C21H25ClF2N2O3/c22-16-5-1-6-17-18(16)15(11-26(17)10-14-4-2-9-29-14)19(27)25-13-20(28)7-3-8-21(23,24)12-20/h1,5-6,11,14,28H,2-4,7-10,12-13H2,(H,25,27)/t14-,20+/m0/s1. The molecule has 2 heterocycles. The maximum Gasteiger partial charge on any atom is 0.253 e. The van der Waals surface area contributed by atoms with Crippen molar-refractivity contribution in [2.75, 3.05) is 13.2 Å². The van der Waals surface area contributed by atoms with Crippen LogP contribution in [0, 0.1) is 0 Å². The summed E-state index contributed by atoms with van der Waals surface area (Å²) in [5, 5.41) is 14.2. The van der Waals surface area contributed by atoms with Crippen molar-refractivity contribution in [2.24, 2.45) is 0 Å². The molecule has 8 heteroatoms. The molecular weight excluding hydrogens is 402 g/mol. The van der Waals surface area contributed by atoms with Crippen molar-refractivity contribution in [2.45, 2.75) is 62.7 Å². The van der Waals surface area contributed by atoms with Gasteiger partial charge in [0.25, 0.3) is 11.8 Å². The summed E-state index contributed by atoms with van der Waals surface area (Å²) < 4.78 is 35.1. The van der Waals surface area contributed by atoms with Crippen LogP contribution >= 0.6 is 11.6 Å². The molecule has 1 saturated heterocycles. The number of nitrogens with zero attached hydrogens (tertiary/aromatic N) is 1. The minimum Gasteiger partial charge on any atom is -0.388 e. The number of aliphatic hydroxyl groups is 1. The van der Waals surface area contributed by atoms with Crippen LogP contribution in [0.15, 0.2) is 24.4 Å². The highest BCUT2D eigenvalue weighted by Crippen LogP contribution is 2.39. The van der Waals surface area contributed by atoms with Crippen molar-refractivity contribution in [1.82, 2.24) is 9.88 Å². The molecule has 4 rings (SSSR count). The zero-order valence-electron chi connectivity index (χ0n) is 16.1. The van der Waals surface area contributed by atoms with E-state index >= 15 is 0 Å². The highest BCUT2D eigenvalue weighted by atomic mass is 35.5. The Morgan fingerprint density at radius 3 is 2.90 bits per heavy atom. The number of amides is 1. The van der Waals surface area contributed by atoms with E-state index in [2.05, 4.69) is 5.32 Å². The Bertz CT molecular complexity index is 911. The Hall–Kier alpha value is -1.70. The smallest absolute Gasteiger partial charge is 0.253 e. The van der Waals surface area contributed by atoms with Crippen molar-refractivity contribution in [3.63, 3.8) is 0 Å². The summed E-state index contributed by atoms with van der Waals surface area (Å²) in [4.78, 5) is 12.9. The molecule has 1 amide bonds.